The van der Waals surface area contributed by atoms with Crippen molar-refractivity contribution in [3.63, 3.8) is 0 Å². The van der Waals surface area contributed by atoms with E-state index in [-0.39, 0.29) is 6.04 Å². The normalized spacial score (nSPS) is 31.4. The topological polar surface area (TPSA) is 35.2 Å². The molecule has 0 radical (unpaired) electrons. The van der Waals surface area contributed by atoms with Gasteiger partial charge in [-0.1, -0.05) is 25.7 Å². The maximum absolute atomic E-state index is 6.07. The van der Waals surface area contributed by atoms with Crippen LogP contribution in [0.15, 0.2) is 0 Å². The van der Waals surface area contributed by atoms with Crippen LogP contribution in [-0.2, 0) is 4.74 Å². The van der Waals surface area contributed by atoms with Gasteiger partial charge in [-0.3, -0.25) is 0 Å². The third-order valence-electron chi connectivity index (χ3n) is 2.70. The second-order valence-corrected chi connectivity index (χ2v) is 4.38. The van der Waals surface area contributed by atoms with Gasteiger partial charge in [-0.25, -0.2) is 0 Å². The van der Waals surface area contributed by atoms with Gasteiger partial charge in [0.1, 0.15) is 0 Å². The van der Waals surface area contributed by atoms with Crippen molar-refractivity contribution in [1.82, 2.24) is 0 Å². The van der Waals surface area contributed by atoms with Crippen molar-refractivity contribution in [2.75, 3.05) is 0 Å². The van der Waals surface area contributed by atoms with E-state index in [4.69, 9.17) is 10.5 Å². The second-order valence-electron chi connectivity index (χ2n) is 4.38. The number of hydrogen-bond acceptors (Lipinski definition) is 2. The third-order valence-corrected chi connectivity index (χ3v) is 2.70. The Morgan fingerprint density at radius 3 is 2.31 bits per heavy atom. The van der Waals surface area contributed by atoms with E-state index < -0.39 is 0 Å². The molecule has 1 aliphatic rings. The van der Waals surface area contributed by atoms with Gasteiger partial charge in [0.15, 0.2) is 0 Å². The highest BCUT2D eigenvalue weighted by atomic mass is 16.5. The molecule has 0 aromatic carbocycles. The first kappa shape index (κ1) is 11.0. The lowest BCUT2D eigenvalue weighted by Crippen LogP contribution is -2.38. The van der Waals surface area contributed by atoms with Crippen LogP contribution in [0.3, 0.4) is 0 Å². The van der Waals surface area contributed by atoms with Gasteiger partial charge in [0.2, 0.25) is 0 Å². The summed E-state index contributed by atoms with van der Waals surface area (Å²) in [5.74, 6) is 0. The summed E-state index contributed by atoms with van der Waals surface area (Å²) >= 11 is 0. The van der Waals surface area contributed by atoms with E-state index in [1.54, 1.807) is 0 Å². The fourth-order valence-electron chi connectivity index (χ4n) is 2.00. The lowest BCUT2D eigenvalue weighted by Gasteiger charge is -2.28. The van der Waals surface area contributed by atoms with Gasteiger partial charge in [-0.2, -0.15) is 0 Å². The minimum absolute atomic E-state index is 0.266. The summed E-state index contributed by atoms with van der Waals surface area (Å²) < 4.78 is 5.81. The Morgan fingerprint density at radius 2 is 1.69 bits per heavy atom. The molecule has 2 N–H and O–H groups in total. The van der Waals surface area contributed by atoms with Crippen molar-refractivity contribution in [3.8, 4) is 0 Å². The molecule has 2 heteroatoms. The van der Waals surface area contributed by atoms with Crippen molar-refractivity contribution >= 4 is 0 Å². The van der Waals surface area contributed by atoms with Gasteiger partial charge < -0.3 is 10.5 Å². The fraction of sp³-hybridized carbons (Fsp3) is 1.00. The lowest BCUT2D eigenvalue weighted by atomic mass is 9.95. The quantitative estimate of drug-likeness (QED) is 0.717. The molecular formula is C11H23NO. The highest BCUT2D eigenvalue weighted by molar-refractivity contribution is 4.76. The summed E-state index contributed by atoms with van der Waals surface area (Å²) in [4.78, 5) is 0. The molecule has 0 bridgehead atoms. The van der Waals surface area contributed by atoms with Crippen LogP contribution < -0.4 is 5.73 Å². The van der Waals surface area contributed by atoms with Crippen LogP contribution in [-0.4, -0.2) is 18.2 Å². The van der Waals surface area contributed by atoms with Gasteiger partial charge >= 0.3 is 0 Å². The summed E-state index contributed by atoms with van der Waals surface area (Å²) in [6.45, 7) is 4.18. The number of ether oxygens (including phenoxy) is 1. The van der Waals surface area contributed by atoms with Crippen LogP contribution in [0, 0.1) is 0 Å². The van der Waals surface area contributed by atoms with Crippen molar-refractivity contribution < 1.29 is 4.74 Å². The molecule has 0 unspecified atom stereocenters. The van der Waals surface area contributed by atoms with Crippen molar-refractivity contribution in [2.45, 2.75) is 70.6 Å². The first-order valence-corrected chi connectivity index (χ1v) is 5.61. The molecule has 0 aliphatic heterocycles. The molecule has 0 saturated heterocycles. The minimum Gasteiger partial charge on any atom is -0.374 e. The largest absolute Gasteiger partial charge is 0.374 e. The zero-order valence-corrected chi connectivity index (χ0v) is 8.96. The Hall–Kier alpha value is -0.0800. The number of nitrogens with two attached hydrogens (primary N) is 1. The first-order chi connectivity index (χ1) is 6.20. The molecule has 1 rings (SSSR count). The van der Waals surface area contributed by atoms with Crippen LogP contribution >= 0.6 is 0 Å². The molecule has 78 valence electrons. The number of rotatable bonds is 2. The van der Waals surface area contributed by atoms with Gasteiger partial charge in [0.25, 0.3) is 0 Å². The van der Waals surface area contributed by atoms with Crippen LogP contribution in [0.5, 0.6) is 0 Å². The van der Waals surface area contributed by atoms with Crippen LogP contribution in [0.4, 0.5) is 0 Å². The Kier molecular flexibility index (Phi) is 4.74. The molecule has 2 atom stereocenters. The van der Waals surface area contributed by atoms with Gasteiger partial charge in [-0.05, 0) is 26.7 Å². The summed E-state index contributed by atoms with van der Waals surface area (Å²) in [6.07, 6.45) is 8.17. The third kappa shape index (κ3) is 4.10. The molecular weight excluding hydrogens is 162 g/mol. The Bertz CT molecular complexity index is 136. The van der Waals surface area contributed by atoms with E-state index >= 15 is 0 Å². The minimum atomic E-state index is 0.266. The molecule has 1 aliphatic carbocycles. The van der Waals surface area contributed by atoms with Crippen LogP contribution in [0.25, 0.3) is 0 Å². The van der Waals surface area contributed by atoms with E-state index in [1.165, 1.54) is 25.7 Å². The first-order valence-electron chi connectivity index (χ1n) is 5.61. The molecule has 0 heterocycles. The molecule has 0 aromatic rings. The SMILES string of the molecule is CC(C)O[C@H]1CCCCCC[C@@H]1N. The lowest BCUT2D eigenvalue weighted by molar-refractivity contribution is -0.0163. The van der Waals surface area contributed by atoms with Crippen LogP contribution in [0.1, 0.15) is 52.4 Å². The number of hydrogen-bond donors (Lipinski definition) is 1. The molecule has 1 fully saturated rings. The molecule has 2 nitrogen and oxygen atoms in total. The van der Waals surface area contributed by atoms with Crippen molar-refractivity contribution in [3.05, 3.63) is 0 Å². The van der Waals surface area contributed by atoms with Crippen molar-refractivity contribution in [1.29, 1.82) is 0 Å². The molecule has 13 heavy (non-hydrogen) atoms. The smallest absolute Gasteiger partial charge is 0.0729 e. The maximum atomic E-state index is 6.07. The fourth-order valence-corrected chi connectivity index (χ4v) is 2.00. The molecule has 1 saturated carbocycles. The van der Waals surface area contributed by atoms with E-state index in [9.17, 15) is 0 Å². The van der Waals surface area contributed by atoms with E-state index in [0.717, 1.165) is 12.8 Å². The van der Waals surface area contributed by atoms with Gasteiger partial charge in [0.05, 0.1) is 12.2 Å². The standard InChI is InChI=1S/C11H23NO/c1-9(2)13-11-8-6-4-3-5-7-10(11)12/h9-11H,3-8,12H2,1-2H3/t10-,11-/m0/s1. The summed E-state index contributed by atoms with van der Waals surface area (Å²) in [6, 6.07) is 0.266. The van der Waals surface area contributed by atoms with E-state index in [2.05, 4.69) is 13.8 Å². The van der Waals surface area contributed by atoms with Gasteiger partial charge in [0, 0.05) is 6.04 Å². The predicted molar refractivity (Wildman–Crippen MR) is 55.7 cm³/mol. The summed E-state index contributed by atoms with van der Waals surface area (Å²) in [5.41, 5.74) is 6.07. The molecule has 0 aromatic heterocycles. The summed E-state index contributed by atoms with van der Waals surface area (Å²) in [7, 11) is 0. The second kappa shape index (κ2) is 5.61. The highest BCUT2D eigenvalue weighted by Gasteiger charge is 2.20. The molecule has 0 amide bonds. The average Bonchev–Trinajstić information content (AvgIpc) is 2.04. The predicted octanol–water partition coefficient (Wildman–Crippen LogP) is 2.46. The zero-order chi connectivity index (χ0) is 9.68. The Labute approximate surface area is 81.8 Å². The van der Waals surface area contributed by atoms with Gasteiger partial charge in [-0.15, -0.1) is 0 Å². The Balaban J connectivity index is 2.37. The van der Waals surface area contributed by atoms with E-state index in [1.807, 2.05) is 0 Å². The highest BCUT2D eigenvalue weighted by Crippen LogP contribution is 2.19. The average molecular weight is 185 g/mol. The zero-order valence-electron chi connectivity index (χ0n) is 8.96. The van der Waals surface area contributed by atoms with Crippen molar-refractivity contribution in [2.24, 2.45) is 5.73 Å². The monoisotopic (exact) mass is 185 g/mol. The molecule has 0 spiro atoms. The Morgan fingerprint density at radius 1 is 1.08 bits per heavy atom. The maximum Gasteiger partial charge on any atom is 0.0729 e. The van der Waals surface area contributed by atoms with E-state index in [0.29, 0.717) is 12.2 Å². The van der Waals surface area contributed by atoms with Crippen LogP contribution in [0.2, 0.25) is 0 Å². The summed E-state index contributed by atoms with van der Waals surface area (Å²) in [5, 5.41) is 0.